The summed E-state index contributed by atoms with van der Waals surface area (Å²) in [7, 11) is 3.56. The van der Waals surface area contributed by atoms with Crippen LogP contribution in [0.2, 0.25) is 0 Å². The molecule has 4 aromatic carbocycles. The highest BCUT2D eigenvalue weighted by atomic mass is 16.5. The van der Waals surface area contributed by atoms with Gasteiger partial charge in [0.2, 0.25) is 0 Å². The van der Waals surface area contributed by atoms with E-state index in [1.54, 1.807) is 7.11 Å². The summed E-state index contributed by atoms with van der Waals surface area (Å²) in [4.78, 5) is 18.6. The van der Waals surface area contributed by atoms with Gasteiger partial charge in [-0.1, -0.05) is 78.9 Å². The minimum atomic E-state index is -0.164. The van der Waals surface area contributed by atoms with Crippen LogP contribution in [0.25, 0.3) is 33.4 Å². The van der Waals surface area contributed by atoms with Crippen molar-refractivity contribution in [3.63, 3.8) is 0 Å². The van der Waals surface area contributed by atoms with Crippen molar-refractivity contribution in [2.75, 3.05) is 7.11 Å². The van der Waals surface area contributed by atoms with Gasteiger partial charge in [0.05, 0.1) is 13.2 Å². The third-order valence-corrected chi connectivity index (χ3v) is 6.31. The number of nitrogens with zero attached hydrogens (tertiary/aromatic N) is 2. The van der Waals surface area contributed by atoms with Gasteiger partial charge in [0.1, 0.15) is 23.0 Å². The second-order valence-electron chi connectivity index (χ2n) is 8.59. The Morgan fingerprint density at radius 3 is 2.23 bits per heavy atom. The monoisotopic (exact) mass is 461 g/mol. The molecule has 5 nitrogen and oxygen atoms in total. The van der Waals surface area contributed by atoms with Crippen molar-refractivity contribution < 1.29 is 9.53 Å². The van der Waals surface area contributed by atoms with Crippen LogP contribution in [0.3, 0.4) is 0 Å². The quantitative estimate of drug-likeness (QED) is 0.318. The van der Waals surface area contributed by atoms with Gasteiger partial charge >= 0.3 is 0 Å². The van der Waals surface area contributed by atoms with Gasteiger partial charge < -0.3 is 14.6 Å². The molecule has 1 N–H and O–H groups in total. The van der Waals surface area contributed by atoms with Crippen molar-refractivity contribution >= 4 is 16.7 Å². The molecule has 0 fully saturated rings. The number of amides is 1. The zero-order valence-corrected chi connectivity index (χ0v) is 20.0. The van der Waals surface area contributed by atoms with Gasteiger partial charge in [-0.3, -0.25) is 4.79 Å². The Bertz CT molecular complexity index is 1490. The van der Waals surface area contributed by atoms with Gasteiger partial charge in [0, 0.05) is 18.2 Å². The number of benzene rings is 4. The smallest absolute Gasteiger partial charge is 0.270 e. The van der Waals surface area contributed by atoms with Crippen molar-refractivity contribution in [1.82, 2.24) is 14.9 Å². The van der Waals surface area contributed by atoms with Gasteiger partial charge in [-0.15, -0.1) is 0 Å². The molecule has 0 saturated heterocycles. The van der Waals surface area contributed by atoms with E-state index in [0.717, 1.165) is 39.0 Å². The fourth-order valence-corrected chi connectivity index (χ4v) is 4.39. The van der Waals surface area contributed by atoms with Crippen molar-refractivity contribution in [3.05, 3.63) is 108 Å². The lowest BCUT2D eigenvalue weighted by Crippen LogP contribution is -2.28. The van der Waals surface area contributed by atoms with E-state index >= 15 is 0 Å². The maximum atomic E-state index is 13.6. The van der Waals surface area contributed by atoms with E-state index in [2.05, 4.69) is 11.4 Å². The van der Waals surface area contributed by atoms with E-state index in [0.29, 0.717) is 11.4 Å². The number of carbonyl (C=O) groups is 1. The van der Waals surface area contributed by atoms with E-state index in [1.807, 2.05) is 110 Å². The van der Waals surface area contributed by atoms with Crippen LogP contribution in [-0.2, 0) is 7.05 Å². The Kier molecular flexibility index (Phi) is 6.06. The van der Waals surface area contributed by atoms with E-state index in [9.17, 15) is 4.79 Å². The van der Waals surface area contributed by atoms with Crippen LogP contribution in [-0.4, -0.2) is 22.6 Å². The normalized spacial score (nSPS) is 11.9. The topological polar surface area (TPSA) is 56.2 Å². The second-order valence-corrected chi connectivity index (χ2v) is 8.59. The first-order valence-electron chi connectivity index (χ1n) is 11.6. The van der Waals surface area contributed by atoms with Crippen LogP contribution in [0.4, 0.5) is 0 Å². The van der Waals surface area contributed by atoms with Crippen LogP contribution < -0.4 is 10.1 Å². The lowest BCUT2D eigenvalue weighted by Gasteiger charge is -2.15. The summed E-state index contributed by atoms with van der Waals surface area (Å²) < 4.78 is 7.25. The fourth-order valence-electron chi connectivity index (χ4n) is 4.39. The van der Waals surface area contributed by atoms with Crippen molar-refractivity contribution in [1.29, 1.82) is 0 Å². The summed E-state index contributed by atoms with van der Waals surface area (Å²) in [5, 5.41) is 5.28. The zero-order chi connectivity index (χ0) is 24.4. The molecule has 5 heteroatoms. The number of fused-ring (bicyclic) bond motifs is 1. The molecule has 1 heterocycles. The number of rotatable bonds is 6. The first kappa shape index (κ1) is 22.4. The summed E-state index contributed by atoms with van der Waals surface area (Å²) in [5.74, 6) is 1.39. The number of methoxy groups -OCH3 is 1. The number of nitrogens with one attached hydrogen (secondary N) is 1. The summed E-state index contributed by atoms with van der Waals surface area (Å²) in [6, 6.07) is 31.8. The Morgan fingerprint density at radius 1 is 0.857 bits per heavy atom. The SMILES string of the molecule is COc1ccc2cc(-c3nc(-c4ccccc4)n(C)c3C(=O)NC(C)c3ccccc3)ccc2c1. The molecular weight excluding hydrogens is 434 g/mol. The van der Waals surface area contributed by atoms with Gasteiger partial charge in [0.15, 0.2) is 0 Å². The van der Waals surface area contributed by atoms with Gasteiger partial charge in [-0.2, -0.15) is 0 Å². The number of aromatic nitrogens is 2. The predicted octanol–water partition coefficient (Wildman–Crippen LogP) is 6.41. The molecule has 0 aliphatic carbocycles. The van der Waals surface area contributed by atoms with Crippen LogP contribution >= 0.6 is 0 Å². The first-order chi connectivity index (χ1) is 17.0. The average molecular weight is 462 g/mol. The highest BCUT2D eigenvalue weighted by molar-refractivity contribution is 6.01. The van der Waals surface area contributed by atoms with Crippen LogP contribution in [0.1, 0.15) is 29.0 Å². The standard InChI is InChI=1S/C30H27N3O2/c1-20(21-10-6-4-7-11-21)31-30(34)28-27(32-29(33(28)2)22-12-8-5-9-13-22)25-15-14-24-19-26(35-3)17-16-23(24)18-25/h4-20H,1-3H3,(H,31,34). The molecule has 0 spiro atoms. The highest BCUT2D eigenvalue weighted by Gasteiger charge is 2.24. The minimum absolute atomic E-state index is 0.143. The Hall–Kier alpha value is -4.38. The molecule has 1 atom stereocenters. The summed E-state index contributed by atoms with van der Waals surface area (Å²) in [6.07, 6.45) is 0. The lowest BCUT2D eigenvalue weighted by molar-refractivity contribution is 0.0932. The highest BCUT2D eigenvalue weighted by Crippen LogP contribution is 2.32. The number of imidazole rings is 1. The molecule has 35 heavy (non-hydrogen) atoms. The van der Waals surface area contributed by atoms with Crippen molar-refractivity contribution in [3.8, 4) is 28.4 Å². The van der Waals surface area contributed by atoms with Gasteiger partial charge in [-0.05, 0) is 41.5 Å². The molecule has 0 bridgehead atoms. The van der Waals surface area contributed by atoms with Gasteiger partial charge in [-0.25, -0.2) is 4.98 Å². The maximum Gasteiger partial charge on any atom is 0.270 e. The maximum absolute atomic E-state index is 13.6. The van der Waals surface area contributed by atoms with E-state index in [1.165, 1.54) is 0 Å². The number of ether oxygens (including phenoxy) is 1. The second kappa shape index (κ2) is 9.47. The Balaban J connectivity index is 1.61. The average Bonchev–Trinajstić information content (AvgIpc) is 3.26. The molecule has 1 unspecified atom stereocenters. The van der Waals surface area contributed by atoms with Crippen LogP contribution in [0.15, 0.2) is 97.1 Å². The lowest BCUT2D eigenvalue weighted by atomic mass is 10.0. The van der Waals surface area contributed by atoms with E-state index < -0.39 is 0 Å². The minimum Gasteiger partial charge on any atom is -0.497 e. The third-order valence-electron chi connectivity index (χ3n) is 6.31. The summed E-state index contributed by atoms with van der Waals surface area (Å²) in [6.45, 7) is 1.99. The first-order valence-corrected chi connectivity index (χ1v) is 11.6. The molecule has 0 saturated carbocycles. The van der Waals surface area contributed by atoms with E-state index in [-0.39, 0.29) is 11.9 Å². The van der Waals surface area contributed by atoms with Crippen molar-refractivity contribution in [2.45, 2.75) is 13.0 Å². The van der Waals surface area contributed by atoms with Crippen LogP contribution in [0, 0.1) is 0 Å². The number of carbonyl (C=O) groups excluding carboxylic acids is 1. The molecule has 1 amide bonds. The number of hydrogen-bond donors (Lipinski definition) is 1. The third kappa shape index (κ3) is 4.41. The predicted molar refractivity (Wildman–Crippen MR) is 140 cm³/mol. The molecular formula is C30H27N3O2. The van der Waals surface area contributed by atoms with E-state index in [4.69, 9.17) is 9.72 Å². The largest absolute Gasteiger partial charge is 0.497 e. The number of hydrogen-bond acceptors (Lipinski definition) is 3. The molecule has 174 valence electrons. The Labute approximate surface area is 205 Å². The van der Waals surface area contributed by atoms with Gasteiger partial charge in [0.25, 0.3) is 5.91 Å². The molecule has 5 rings (SSSR count). The summed E-state index contributed by atoms with van der Waals surface area (Å²) >= 11 is 0. The molecule has 1 aromatic heterocycles. The molecule has 0 aliphatic heterocycles. The zero-order valence-electron chi connectivity index (χ0n) is 20.0. The van der Waals surface area contributed by atoms with Crippen molar-refractivity contribution in [2.24, 2.45) is 7.05 Å². The Morgan fingerprint density at radius 2 is 1.51 bits per heavy atom. The molecule has 0 aliphatic rings. The summed E-state index contributed by atoms with van der Waals surface area (Å²) in [5.41, 5.74) is 4.07. The van der Waals surface area contributed by atoms with Crippen LogP contribution in [0.5, 0.6) is 5.75 Å². The molecule has 0 radical (unpaired) electrons. The molecule has 5 aromatic rings. The fraction of sp³-hybridized carbons (Fsp3) is 0.133.